The summed E-state index contributed by atoms with van der Waals surface area (Å²) in [5, 5.41) is 14.4. The van der Waals surface area contributed by atoms with Crippen molar-refractivity contribution in [3.05, 3.63) is 53.6 Å². The molecule has 2 atom stereocenters. The van der Waals surface area contributed by atoms with Gasteiger partial charge in [0.1, 0.15) is 5.82 Å². The molecule has 30 heavy (non-hydrogen) atoms. The number of nitrogens with zero attached hydrogens (tertiary/aromatic N) is 3. The average Bonchev–Trinajstić information content (AvgIpc) is 3.08. The molecule has 1 aliphatic heterocycles. The molecule has 9 heteroatoms. The van der Waals surface area contributed by atoms with Crippen LogP contribution in [0.2, 0.25) is 0 Å². The van der Waals surface area contributed by atoms with Gasteiger partial charge < -0.3 is 20.6 Å². The van der Waals surface area contributed by atoms with Gasteiger partial charge in [-0.1, -0.05) is 6.07 Å². The van der Waals surface area contributed by atoms with Gasteiger partial charge in [0.15, 0.2) is 0 Å². The van der Waals surface area contributed by atoms with Crippen LogP contribution in [-0.2, 0) is 6.54 Å². The Bertz CT molecular complexity index is 921. The van der Waals surface area contributed by atoms with Crippen molar-refractivity contribution in [2.75, 3.05) is 24.2 Å². The fraction of sp³-hybridized carbons (Fsp3) is 0.381. The molecule has 1 aromatic carbocycles. The Morgan fingerprint density at radius 1 is 1.30 bits per heavy atom. The number of aryl methyl sites for hydroxylation is 1. The predicted octanol–water partition coefficient (Wildman–Crippen LogP) is 3.75. The molecule has 3 rings (SSSR count). The first kappa shape index (κ1) is 21.5. The van der Waals surface area contributed by atoms with Crippen molar-refractivity contribution in [1.82, 2.24) is 14.8 Å². The number of halogens is 1. The number of likely N-dealkylation sites (tertiary alicyclic amines) is 1. The van der Waals surface area contributed by atoms with Crippen LogP contribution in [0.1, 0.15) is 24.6 Å². The fourth-order valence-corrected chi connectivity index (χ4v) is 3.78. The molecule has 2 aromatic rings. The Hall–Kier alpha value is -3.20. The van der Waals surface area contributed by atoms with Crippen molar-refractivity contribution in [3.8, 4) is 0 Å². The number of hydrogen-bond donors (Lipinski definition) is 3. The number of hydrogen-bond acceptors (Lipinski definition) is 4. The number of urea groups is 1. The van der Waals surface area contributed by atoms with Crippen LogP contribution < -0.4 is 10.6 Å². The van der Waals surface area contributed by atoms with E-state index in [1.807, 2.05) is 20.9 Å². The molecule has 0 radical (unpaired) electrons. The van der Waals surface area contributed by atoms with E-state index in [4.69, 9.17) is 0 Å². The molecule has 0 bridgehead atoms. The second-order valence-electron chi connectivity index (χ2n) is 7.57. The Morgan fingerprint density at radius 2 is 2.07 bits per heavy atom. The fourth-order valence-electron chi connectivity index (χ4n) is 3.78. The van der Waals surface area contributed by atoms with Crippen molar-refractivity contribution in [2.24, 2.45) is 0 Å². The van der Waals surface area contributed by atoms with E-state index < -0.39 is 17.9 Å². The first-order valence-electron chi connectivity index (χ1n) is 9.73. The SMILES string of the molecule is Cc1ccc(NC(=O)Nc2cc(CN(C)[C@@H]3CCN(C(=O)O)C3C)ccc2F)cn1. The molecular formula is C21H26FN5O3. The van der Waals surface area contributed by atoms with E-state index in [2.05, 4.69) is 20.5 Å². The van der Waals surface area contributed by atoms with Gasteiger partial charge in [0.05, 0.1) is 17.6 Å². The summed E-state index contributed by atoms with van der Waals surface area (Å²) >= 11 is 0. The number of amides is 3. The smallest absolute Gasteiger partial charge is 0.407 e. The van der Waals surface area contributed by atoms with Gasteiger partial charge in [-0.05, 0) is 57.1 Å². The van der Waals surface area contributed by atoms with Gasteiger partial charge in [-0.25, -0.2) is 14.0 Å². The standard InChI is InChI=1S/C21H26FN5O3/c1-13-4-6-16(11-23-13)24-20(28)25-18-10-15(5-7-17(18)22)12-26(3)19-8-9-27(14(19)2)21(29)30/h4-7,10-11,14,19H,8-9,12H2,1-3H3,(H,29,30)(H2,24,25,28)/t14?,19-/m1/s1. The van der Waals surface area contributed by atoms with Gasteiger partial charge in [0.25, 0.3) is 0 Å². The highest BCUT2D eigenvalue weighted by Crippen LogP contribution is 2.24. The topological polar surface area (TPSA) is 97.8 Å². The quantitative estimate of drug-likeness (QED) is 0.691. The summed E-state index contributed by atoms with van der Waals surface area (Å²) in [6.07, 6.45) is 1.35. The largest absolute Gasteiger partial charge is 0.465 e. The van der Waals surface area contributed by atoms with E-state index in [1.165, 1.54) is 17.2 Å². The number of pyridine rings is 1. The highest BCUT2D eigenvalue weighted by atomic mass is 19.1. The molecule has 2 heterocycles. The number of carbonyl (C=O) groups excluding carboxylic acids is 1. The number of rotatable bonds is 5. The molecule has 8 nitrogen and oxygen atoms in total. The third-order valence-corrected chi connectivity index (χ3v) is 5.41. The molecule has 1 saturated heterocycles. The lowest BCUT2D eigenvalue weighted by atomic mass is 10.1. The van der Waals surface area contributed by atoms with E-state index in [-0.39, 0.29) is 17.8 Å². The van der Waals surface area contributed by atoms with Crippen molar-refractivity contribution in [1.29, 1.82) is 0 Å². The lowest BCUT2D eigenvalue weighted by molar-refractivity contribution is 0.127. The molecule has 1 unspecified atom stereocenters. The number of carboxylic acid groups (broad SMARTS) is 1. The van der Waals surface area contributed by atoms with E-state index in [1.54, 1.807) is 24.3 Å². The molecule has 1 fully saturated rings. The van der Waals surface area contributed by atoms with Crippen LogP contribution in [0.3, 0.4) is 0 Å². The number of aromatic nitrogens is 1. The maximum absolute atomic E-state index is 14.2. The van der Waals surface area contributed by atoms with Crippen LogP contribution in [-0.4, -0.2) is 57.7 Å². The van der Waals surface area contributed by atoms with Gasteiger partial charge in [-0.15, -0.1) is 0 Å². The van der Waals surface area contributed by atoms with Gasteiger partial charge in [0.2, 0.25) is 0 Å². The third kappa shape index (κ3) is 5.04. The Morgan fingerprint density at radius 3 is 2.70 bits per heavy atom. The second kappa shape index (κ2) is 9.08. The molecule has 160 valence electrons. The van der Waals surface area contributed by atoms with E-state index in [0.29, 0.717) is 18.8 Å². The van der Waals surface area contributed by atoms with Crippen molar-refractivity contribution in [2.45, 2.75) is 38.9 Å². The van der Waals surface area contributed by atoms with Crippen LogP contribution in [0, 0.1) is 12.7 Å². The number of likely N-dealkylation sites (N-methyl/N-ethyl adjacent to an activating group) is 1. The first-order chi connectivity index (χ1) is 14.2. The molecule has 0 saturated carbocycles. The van der Waals surface area contributed by atoms with Gasteiger partial charge in [-0.3, -0.25) is 9.88 Å². The van der Waals surface area contributed by atoms with Gasteiger partial charge >= 0.3 is 12.1 Å². The van der Waals surface area contributed by atoms with Crippen molar-refractivity contribution < 1.29 is 19.1 Å². The number of benzene rings is 1. The van der Waals surface area contributed by atoms with Crippen LogP contribution in [0.4, 0.5) is 25.4 Å². The summed E-state index contributed by atoms with van der Waals surface area (Å²) in [5.41, 5.74) is 2.22. The summed E-state index contributed by atoms with van der Waals surface area (Å²) < 4.78 is 14.2. The molecule has 1 aromatic heterocycles. The molecule has 0 aliphatic carbocycles. The minimum absolute atomic E-state index is 0.0694. The zero-order valence-corrected chi connectivity index (χ0v) is 17.2. The second-order valence-corrected chi connectivity index (χ2v) is 7.57. The number of carbonyl (C=O) groups is 2. The van der Waals surface area contributed by atoms with Crippen LogP contribution >= 0.6 is 0 Å². The molecule has 0 spiro atoms. The Balaban J connectivity index is 1.64. The van der Waals surface area contributed by atoms with E-state index >= 15 is 0 Å². The summed E-state index contributed by atoms with van der Waals surface area (Å²) in [6, 6.07) is 7.43. The maximum atomic E-state index is 14.2. The van der Waals surface area contributed by atoms with Crippen LogP contribution in [0.15, 0.2) is 36.5 Å². The zero-order valence-electron chi connectivity index (χ0n) is 17.2. The van der Waals surface area contributed by atoms with Crippen molar-refractivity contribution in [3.63, 3.8) is 0 Å². The lowest BCUT2D eigenvalue weighted by Gasteiger charge is -2.29. The van der Waals surface area contributed by atoms with E-state index in [0.717, 1.165) is 17.7 Å². The van der Waals surface area contributed by atoms with E-state index in [9.17, 15) is 19.1 Å². The zero-order chi connectivity index (χ0) is 21.8. The summed E-state index contributed by atoms with van der Waals surface area (Å²) in [4.78, 5) is 31.1. The summed E-state index contributed by atoms with van der Waals surface area (Å²) in [5.74, 6) is -0.537. The van der Waals surface area contributed by atoms with Crippen molar-refractivity contribution >= 4 is 23.5 Å². The first-order valence-corrected chi connectivity index (χ1v) is 9.73. The van der Waals surface area contributed by atoms with Gasteiger partial charge in [0, 0.05) is 30.9 Å². The molecule has 1 aliphatic rings. The maximum Gasteiger partial charge on any atom is 0.407 e. The Kier molecular flexibility index (Phi) is 6.51. The summed E-state index contributed by atoms with van der Waals surface area (Å²) in [7, 11) is 1.92. The Labute approximate surface area is 174 Å². The molecule has 3 amide bonds. The lowest BCUT2D eigenvalue weighted by Crippen LogP contribution is -2.43. The highest BCUT2D eigenvalue weighted by Gasteiger charge is 2.35. The molecular weight excluding hydrogens is 389 g/mol. The van der Waals surface area contributed by atoms with Crippen LogP contribution in [0.25, 0.3) is 0 Å². The average molecular weight is 415 g/mol. The highest BCUT2D eigenvalue weighted by molar-refractivity contribution is 5.99. The minimum Gasteiger partial charge on any atom is -0.465 e. The number of nitrogens with one attached hydrogen (secondary N) is 2. The third-order valence-electron chi connectivity index (χ3n) is 5.41. The van der Waals surface area contributed by atoms with Gasteiger partial charge in [-0.2, -0.15) is 0 Å². The molecule has 3 N–H and O–H groups in total. The van der Waals surface area contributed by atoms with Crippen LogP contribution in [0.5, 0.6) is 0 Å². The predicted molar refractivity (Wildman–Crippen MR) is 112 cm³/mol. The normalized spacial score (nSPS) is 18.5. The number of anilines is 2. The summed E-state index contributed by atoms with van der Waals surface area (Å²) in [6.45, 7) is 4.73. The monoisotopic (exact) mass is 415 g/mol. The minimum atomic E-state index is -0.915.